The number of benzene rings is 1. The zero-order valence-electron chi connectivity index (χ0n) is 8.93. The fraction of sp³-hybridized carbons (Fsp3) is 0.182. The van der Waals surface area contributed by atoms with Gasteiger partial charge in [0.1, 0.15) is 5.39 Å². The van der Waals surface area contributed by atoms with Crippen molar-refractivity contribution in [2.45, 2.75) is 13.8 Å². The summed E-state index contributed by atoms with van der Waals surface area (Å²) in [4.78, 5) is 10.4. The Hall–Kier alpha value is -2.17. The number of hydrogen-bond acceptors (Lipinski definition) is 3. The predicted molar refractivity (Wildman–Crippen MR) is 59.0 cm³/mol. The second kappa shape index (κ2) is 3.44. The van der Waals surface area contributed by atoms with E-state index in [-0.39, 0.29) is 5.69 Å². The van der Waals surface area contributed by atoms with Crippen molar-refractivity contribution in [1.82, 2.24) is 0 Å². The van der Waals surface area contributed by atoms with Gasteiger partial charge < -0.3 is 5.21 Å². The molecular formula is C11H10N2O3. The molecule has 0 aliphatic heterocycles. The van der Waals surface area contributed by atoms with Gasteiger partial charge in [0.15, 0.2) is 5.69 Å². The fourth-order valence-electron chi connectivity index (χ4n) is 1.71. The molecule has 2 rings (SSSR count). The Bertz CT molecular complexity index is 593. The largest absolute Gasteiger partial charge is 0.618 e. The molecule has 0 amide bonds. The highest BCUT2D eigenvalue weighted by Gasteiger charge is 2.20. The topological polar surface area (TPSA) is 70.1 Å². The molecule has 0 saturated carbocycles. The maximum atomic E-state index is 11.7. The number of pyridine rings is 1. The Morgan fingerprint density at radius 1 is 1.25 bits per heavy atom. The third-order valence-electron chi connectivity index (χ3n) is 2.51. The molecular weight excluding hydrogens is 208 g/mol. The number of nitrogens with zero attached hydrogens (tertiary/aromatic N) is 2. The van der Waals surface area contributed by atoms with Crippen LogP contribution in [0.15, 0.2) is 24.3 Å². The SMILES string of the molecule is Cc1ccc2c(c1)c([N+](=O)[O-])cc(C)[n+]2[O-]. The van der Waals surface area contributed by atoms with E-state index in [1.54, 1.807) is 25.1 Å². The van der Waals surface area contributed by atoms with E-state index < -0.39 is 4.92 Å². The van der Waals surface area contributed by atoms with Crippen molar-refractivity contribution in [1.29, 1.82) is 0 Å². The minimum absolute atomic E-state index is 0.0247. The normalized spacial score (nSPS) is 10.6. The fourth-order valence-corrected chi connectivity index (χ4v) is 1.71. The van der Waals surface area contributed by atoms with Crippen LogP contribution in [-0.4, -0.2) is 4.92 Å². The maximum absolute atomic E-state index is 11.7. The highest BCUT2D eigenvalue weighted by molar-refractivity contribution is 5.86. The highest BCUT2D eigenvalue weighted by atomic mass is 16.6. The van der Waals surface area contributed by atoms with Crippen LogP contribution in [0.1, 0.15) is 11.3 Å². The van der Waals surface area contributed by atoms with Gasteiger partial charge in [-0.2, -0.15) is 4.73 Å². The molecule has 0 aliphatic rings. The van der Waals surface area contributed by atoms with Crippen molar-refractivity contribution in [2.24, 2.45) is 0 Å². The molecule has 82 valence electrons. The Morgan fingerprint density at radius 2 is 1.94 bits per heavy atom. The molecule has 5 heteroatoms. The van der Waals surface area contributed by atoms with Gasteiger partial charge in [-0.25, -0.2) is 0 Å². The number of rotatable bonds is 1. The summed E-state index contributed by atoms with van der Waals surface area (Å²) in [5, 5.41) is 23.0. The van der Waals surface area contributed by atoms with Crippen LogP contribution in [0.4, 0.5) is 5.69 Å². The molecule has 0 bridgehead atoms. The van der Waals surface area contributed by atoms with E-state index in [1.807, 2.05) is 6.92 Å². The summed E-state index contributed by atoms with van der Waals surface area (Å²) in [6, 6.07) is 6.33. The van der Waals surface area contributed by atoms with Crippen LogP contribution >= 0.6 is 0 Å². The average molecular weight is 218 g/mol. The standard InChI is InChI=1S/C11H10N2O3/c1-7-3-4-10-9(5-7)11(13(15)16)6-8(2)12(10)14/h3-6H,1-2H3. The number of fused-ring (bicyclic) bond motifs is 1. The summed E-state index contributed by atoms with van der Waals surface area (Å²) in [5.41, 5.74) is 1.52. The quantitative estimate of drug-likeness (QED) is 0.318. The molecule has 0 atom stereocenters. The lowest BCUT2D eigenvalue weighted by Gasteiger charge is -2.05. The lowest BCUT2D eigenvalue weighted by Crippen LogP contribution is -2.31. The molecule has 0 aliphatic carbocycles. The summed E-state index contributed by atoms with van der Waals surface area (Å²) in [7, 11) is 0. The Kier molecular flexibility index (Phi) is 2.23. The summed E-state index contributed by atoms with van der Waals surface area (Å²) in [5.74, 6) is 0. The second-order valence-corrected chi connectivity index (χ2v) is 3.74. The molecule has 0 saturated heterocycles. The van der Waals surface area contributed by atoms with Gasteiger partial charge >= 0.3 is 0 Å². The van der Waals surface area contributed by atoms with Crippen LogP contribution in [0, 0.1) is 29.2 Å². The van der Waals surface area contributed by atoms with Crippen LogP contribution in [-0.2, 0) is 0 Å². The van der Waals surface area contributed by atoms with Gasteiger partial charge in [0.05, 0.1) is 11.0 Å². The molecule has 2 aromatic rings. The van der Waals surface area contributed by atoms with Gasteiger partial charge in [-0.05, 0) is 18.6 Å². The van der Waals surface area contributed by atoms with E-state index in [2.05, 4.69) is 0 Å². The maximum Gasteiger partial charge on any atom is 0.289 e. The first-order valence-electron chi connectivity index (χ1n) is 4.78. The number of aromatic nitrogens is 1. The smallest absolute Gasteiger partial charge is 0.289 e. The summed E-state index contributed by atoms with van der Waals surface area (Å²) >= 11 is 0. The van der Waals surface area contributed by atoms with E-state index in [9.17, 15) is 15.3 Å². The Morgan fingerprint density at radius 3 is 2.56 bits per heavy atom. The summed E-state index contributed by atoms with van der Waals surface area (Å²) < 4.78 is 0.710. The summed E-state index contributed by atoms with van der Waals surface area (Å²) in [6.45, 7) is 3.39. The lowest BCUT2D eigenvalue weighted by atomic mass is 10.1. The van der Waals surface area contributed by atoms with E-state index in [1.165, 1.54) is 6.07 Å². The molecule has 0 N–H and O–H groups in total. The van der Waals surface area contributed by atoms with Gasteiger partial charge in [-0.1, -0.05) is 6.07 Å². The zero-order chi connectivity index (χ0) is 11.9. The number of nitro groups is 1. The first-order chi connectivity index (χ1) is 7.50. The van der Waals surface area contributed by atoms with Crippen LogP contribution in [0.3, 0.4) is 0 Å². The van der Waals surface area contributed by atoms with Crippen molar-refractivity contribution in [3.8, 4) is 0 Å². The average Bonchev–Trinajstić information content (AvgIpc) is 2.22. The van der Waals surface area contributed by atoms with Crippen LogP contribution in [0.25, 0.3) is 10.9 Å². The van der Waals surface area contributed by atoms with Crippen LogP contribution < -0.4 is 4.73 Å². The van der Waals surface area contributed by atoms with Crippen LogP contribution in [0.2, 0.25) is 0 Å². The first kappa shape index (κ1) is 10.4. The molecule has 0 radical (unpaired) electrons. The minimum Gasteiger partial charge on any atom is -0.618 e. The third kappa shape index (κ3) is 1.46. The molecule has 0 spiro atoms. The van der Waals surface area contributed by atoms with E-state index >= 15 is 0 Å². The van der Waals surface area contributed by atoms with Gasteiger partial charge in [0.25, 0.3) is 5.69 Å². The van der Waals surface area contributed by atoms with Gasteiger partial charge in [0, 0.05) is 13.0 Å². The minimum atomic E-state index is -0.464. The third-order valence-corrected chi connectivity index (χ3v) is 2.51. The van der Waals surface area contributed by atoms with E-state index in [4.69, 9.17) is 0 Å². The second-order valence-electron chi connectivity index (χ2n) is 3.74. The Labute approximate surface area is 91.7 Å². The first-order valence-corrected chi connectivity index (χ1v) is 4.78. The van der Waals surface area contributed by atoms with Crippen LogP contribution in [0.5, 0.6) is 0 Å². The van der Waals surface area contributed by atoms with Crippen molar-refractivity contribution in [3.63, 3.8) is 0 Å². The molecule has 0 unspecified atom stereocenters. The van der Waals surface area contributed by atoms with Gasteiger partial charge in [0.2, 0.25) is 5.52 Å². The van der Waals surface area contributed by atoms with Crippen molar-refractivity contribution >= 4 is 16.6 Å². The van der Waals surface area contributed by atoms with Crippen molar-refractivity contribution < 1.29 is 9.65 Å². The molecule has 16 heavy (non-hydrogen) atoms. The van der Waals surface area contributed by atoms with E-state index in [0.717, 1.165) is 5.56 Å². The van der Waals surface area contributed by atoms with Gasteiger partial charge in [-0.15, -0.1) is 0 Å². The molecule has 1 aromatic carbocycles. The lowest BCUT2D eigenvalue weighted by molar-refractivity contribution is -0.584. The number of aryl methyl sites for hydroxylation is 2. The predicted octanol–water partition coefficient (Wildman–Crippen LogP) is 2.00. The monoisotopic (exact) mass is 218 g/mol. The highest BCUT2D eigenvalue weighted by Crippen LogP contribution is 2.24. The molecule has 1 heterocycles. The zero-order valence-corrected chi connectivity index (χ0v) is 8.93. The Balaban J connectivity index is 2.95. The molecule has 0 fully saturated rings. The van der Waals surface area contributed by atoms with Crippen molar-refractivity contribution in [2.75, 3.05) is 0 Å². The molecule has 1 aromatic heterocycles. The van der Waals surface area contributed by atoms with Gasteiger partial charge in [-0.3, -0.25) is 10.1 Å². The van der Waals surface area contributed by atoms with Crippen molar-refractivity contribution in [3.05, 3.63) is 50.8 Å². The van der Waals surface area contributed by atoms with E-state index in [0.29, 0.717) is 21.3 Å². The summed E-state index contributed by atoms with van der Waals surface area (Å²) in [6.07, 6.45) is 0. The number of hydrogen-bond donors (Lipinski definition) is 0. The molecule has 5 nitrogen and oxygen atoms in total.